The summed E-state index contributed by atoms with van der Waals surface area (Å²) < 4.78 is 2.69. The molecule has 0 amide bonds. The van der Waals surface area contributed by atoms with Gasteiger partial charge in [0.1, 0.15) is 0 Å². The molecular weight excluding hydrogens is 280 g/mol. The molecule has 0 bridgehead atoms. The van der Waals surface area contributed by atoms with Crippen molar-refractivity contribution in [2.24, 2.45) is 0 Å². The fourth-order valence-electron chi connectivity index (χ4n) is 1.83. The van der Waals surface area contributed by atoms with E-state index in [4.69, 9.17) is 5.73 Å². The largest absolute Gasteiger partial charge is 0.399 e. The molecule has 0 unspecified atom stereocenters. The van der Waals surface area contributed by atoms with Crippen molar-refractivity contribution in [1.29, 1.82) is 0 Å². The summed E-state index contributed by atoms with van der Waals surface area (Å²) in [5.74, 6) is 0. The van der Waals surface area contributed by atoms with Gasteiger partial charge >= 0.3 is 0 Å². The predicted molar refractivity (Wildman–Crippen MR) is 73.9 cm³/mol. The van der Waals surface area contributed by atoms with E-state index in [0.717, 1.165) is 15.7 Å². The van der Waals surface area contributed by atoms with Crippen LogP contribution in [-0.2, 0) is 6.54 Å². The molecule has 0 radical (unpaired) electrons. The number of rotatable bonds is 2. The standard InChI is InChI=1S/C13H13BrN2O/c1-2-16-12(7-11(15)8-13(16)17)9-4-3-5-10(14)6-9/h3-8H,2,15H2,1H3. The molecule has 0 spiro atoms. The number of nitrogens with zero attached hydrogens (tertiary/aromatic N) is 1. The Morgan fingerprint density at radius 1 is 1.29 bits per heavy atom. The van der Waals surface area contributed by atoms with E-state index in [1.165, 1.54) is 6.07 Å². The van der Waals surface area contributed by atoms with E-state index in [0.29, 0.717) is 12.2 Å². The van der Waals surface area contributed by atoms with Crippen molar-refractivity contribution in [3.63, 3.8) is 0 Å². The minimum absolute atomic E-state index is 0.0672. The second-order valence-corrected chi connectivity index (χ2v) is 4.68. The molecule has 1 aromatic carbocycles. The number of halogens is 1. The lowest BCUT2D eigenvalue weighted by atomic mass is 10.1. The molecule has 17 heavy (non-hydrogen) atoms. The molecular formula is C13H13BrN2O. The van der Waals surface area contributed by atoms with Crippen LogP contribution in [0.15, 0.2) is 45.7 Å². The van der Waals surface area contributed by atoms with E-state index in [1.807, 2.05) is 37.3 Å². The minimum atomic E-state index is -0.0672. The summed E-state index contributed by atoms with van der Waals surface area (Å²) in [4.78, 5) is 11.8. The Morgan fingerprint density at radius 2 is 2.06 bits per heavy atom. The summed E-state index contributed by atoms with van der Waals surface area (Å²) in [7, 11) is 0. The lowest BCUT2D eigenvalue weighted by Gasteiger charge is -2.12. The Kier molecular flexibility index (Phi) is 3.33. The van der Waals surface area contributed by atoms with Crippen molar-refractivity contribution < 1.29 is 0 Å². The van der Waals surface area contributed by atoms with E-state index in [9.17, 15) is 4.79 Å². The normalized spacial score (nSPS) is 10.5. The summed E-state index contributed by atoms with van der Waals surface area (Å²) >= 11 is 3.42. The second-order valence-electron chi connectivity index (χ2n) is 3.77. The predicted octanol–water partition coefficient (Wildman–Crippen LogP) is 2.88. The first-order valence-electron chi connectivity index (χ1n) is 5.38. The summed E-state index contributed by atoms with van der Waals surface area (Å²) in [6.45, 7) is 2.57. The van der Waals surface area contributed by atoms with Crippen molar-refractivity contribution in [2.45, 2.75) is 13.5 Å². The SMILES string of the molecule is CCn1c(-c2cccc(Br)c2)cc(N)cc1=O. The second kappa shape index (κ2) is 4.75. The van der Waals surface area contributed by atoms with Gasteiger partial charge in [-0.25, -0.2) is 0 Å². The van der Waals surface area contributed by atoms with Crippen LogP contribution >= 0.6 is 15.9 Å². The maximum Gasteiger partial charge on any atom is 0.253 e. The third-order valence-corrected chi connectivity index (χ3v) is 3.08. The number of nitrogens with two attached hydrogens (primary N) is 1. The average molecular weight is 293 g/mol. The highest BCUT2D eigenvalue weighted by Crippen LogP contribution is 2.23. The van der Waals surface area contributed by atoms with E-state index in [-0.39, 0.29) is 5.56 Å². The van der Waals surface area contributed by atoms with Crippen LogP contribution < -0.4 is 11.3 Å². The number of hydrogen-bond donors (Lipinski definition) is 1. The Bertz CT molecular complexity index is 605. The monoisotopic (exact) mass is 292 g/mol. The van der Waals surface area contributed by atoms with Crippen LogP contribution in [0.3, 0.4) is 0 Å². The molecule has 0 saturated carbocycles. The molecule has 0 aliphatic rings. The number of benzene rings is 1. The molecule has 1 aromatic heterocycles. The third-order valence-electron chi connectivity index (χ3n) is 2.59. The van der Waals surface area contributed by atoms with Gasteiger partial charge < -0.3 is 10.3 Å². The maximum absolute atomic E-state index is 11.8. The van der Waals surface area contributed by atoms with E-state index < -0.39 is 0 Å². The fraction of sp³-hybridized carbons (Fsp3) is 0.154. The molecule has 4 heteroatoms. The van der Waals surface area contributed by atoms with Gasteiger partial charge in [0.25, 0.3) is 5.56 Å². The van der Waals surface area contributed by atoms with Gasteiger partial charge in [-0.15, -0.1) is 0 Å². The van der Waals surface area contributed by atoms with Gasteiger partial charge in [-0.1, -0.05) is 28.1 Å². The quantitative estimate of drug-likeness (QED) is 0.925. The smallest absolute Gasteiger partial charge is 0.253 e. The Morgan fingerprint density at radius 3 is 2.71 bits per heavy atom. The topological polar surface area (TPSA) is 48.0 Å². The Labute approximate surface area is 108 Å². The Balaban J connectivity index is 2.70. The zero-order valence-electron chi connectivity index (χ0n) is 9.48. The van der Waals surface area contributed by atoms with Crippen LogP contribution in [0.1, 0.15) is 6.92 Å². The lowest BCUT2D eigenvalue weighted by Crippen LogP contribution is -2.20. The van der Waals surface area contributed by atoms with E-state index >= 15 is 0 Å². The molecule has 0 atom stereocenters. The molecule has 0 aliphatic heterocycles. The van der Waals surface area contributed by atoms with Gasteiger partial charge in [-0.2, -0.15) is 0 Å². The van der Waals surface area contributed by atoms with Crippen molar-refractivity contribution in [3.8, 4) is 11.3 Å². The molecule has 2 aromatic rings. The highest BCUT2D eigenvalue weighted by molar-refractivity contribution is 9.10. The number of anilines is 1. The molecule has 3 nitrogen and oxygen atoms in total. The molecule has 0 fully saturated rings. The van der Waals surface area contributed by atoms with Crippen molar-refractivity contribution in [2.75, 3.05) is 5.73 Å². The molecule has 1 heterocycles. The van der Waals surface area contributed by atoms with Gasteiger partial charge in [0, 0.05) is 22.8 Å². The van der Waals surface area contributed by atoms with Crippen molar-refractivity contribution >= 4 is 21.6 Å². The number of aromatic nitrogens is 1. The molecule has 88 valence electrons. The van der Waals surface area contributed by atoms with Crippen LogP contribution in [0.2, 0.25) is 0 Å². The highest BCUT2D eigenvalue weighted by Gasteiger charge is 2.06. The van der Waals surface area contributed by atoms with Crippen LogP contribution in [-0.4, -0.2) is 4.57 Å². The van der Waals surface area contributed by atoms with Gasteiger partial charge in [0.05, 0.1) is 5.69 Å². The number of pyridine rings is 1. The molecule has 0 saturated heterocycles. The molecule has 0 aliphatic carbocycles. The number of hydrogen-bond acceptors (Lipinski definition) is 2. The Hall–Kier alpha value is -1.55. The van der Waals surface area contributed by atoms with Gasteiger partial charge in [0.2, 0.25) is 0 Å². The first-order valence-corrected chi connectivity index (χ1v) is 6.17. The first kappa shape index (κ1) is 11.9. The zero-order valence-corrected chi connectivity index (χ0v) is 11.1. The summed E-state index contributed by atoms with van der Waals surface area (Å²) in [6.07, 6.45) is 0. The summed E-state index contributed by atoms with van der Waals surface area (Å²) in [5, 5.41) is 0. The lowest BCUT2D eigenvalue weighted by molar-refractivity contribution is 0.736. The fourth-order valence-corrected chi connectivity index (χ4v) is 2.23. The van der Waals surface area contributed by atoms with Crippen LogP contribution in [0, 0.1) is 0 Å². The molecule has 2 rings (SSSR count). The molecule has 2 N–H and O–H groups in total. The van der Waals surface area contributed by atoms with Crippen LogP contribution in [0.25, 0.3) is 11.3 Å². The minimum Gasteiger partial charge on any atom is -0.399 e. The van der Waals surface area contributed by atoms with Crippen LogP contribution in [0.5, 0.6) is 0 Å². The summed E-state index contributed by atoms with van der Waals surface area (Å²) in [6, 6.07) is 11.1. The number of nitrogen functional groups attached to an aromatic ring is 1. The zero-order chi connectivity index (χ0) is 12.4. The van der Waals surface area contributed by atoms with E-state index in [1.54, 1.807) is 4.57 Å². The van der Waals surface area contributed by atoms with Crippen LogP contribution in [0.4, 0.5) is 5.69 Å². The van der Waals surface area contributed by atoms with Gasteiger partial charge in [-0.05, 0) is 30.7 Å². The first-order chi connectivity index (χ1) is 8.11. The van der Waals surface area contributed by atoms with Crippen molar-refractivity contribution in [3.05, 3.63) is 51.2 Å². The van der Waals surface area contributed by atoms with Gasteiger partial charge in [0.15, 0.2) is 0 Å². The van der Waals surface area contributed by atoms with Crippen molar-refractivity contribution in [1.82, 2.24) is 4.57 Å². The summed E-state index contributed by atoms with van der Waals surface area (Å²) in [5.41, 5.74) is 7.98. The van der Waals surface area contributed by atoms with E-state index in [2.05, 4.69) is 15.9 Å². The average Bonchev–Trinajstić information content (AvgIpc) is 2.28. The maximum atomic E-state index is 11.8. The van der Waals surface area contributed by atoms with Gasteiger partial charge in [-0.3, -0.25) is 4.79 Å². The highest BCUT2D eigenvalue weighted by atomic mass is 79.9. The third kappa shape index (κ3) is 2.42.